The van der Waals surface area contributed by atoms with E-state index in [0.717, 1.165) is 0 Å². The molecule has 27 heavy (non-hydrogen) atoms. The fourth-order valence-corrected chi connectivity index (χ4v) is 3.73. The standard InChI is InChI=1S/C16H22N3O7P/c1-16(17)13(21)11(9-24-27(23)26-10-5-3-2-4-6-10)25-14(16)19-8-7-12(20)18-15(19)22/h2-6,11,13-14,21,27H,7-9,17H2,1H3,(H,18,20,22)/t11-,13-,14-,16-/m1/s1. The van der Waals surface area contributed by atoms with Crippen molar-refractivity contribution in [3.05, 3.63) is 30.3 Å². The Balaban J connectivity index is 1.59. The lowest BCUT2D eigenvalue weighted by Crippen LogP contribution is -2.64. The molecule has 4 N–H and O–H groups in total. The Hall–Kier alpha value is -1.97. The number of benzene rings is 1. The Kier molecular flexibility index (Phi) is 5.83. The van der Waals surface area contributed by atoms with Gasteiger partial charge in [-0.05, 0) is 19.1 Å². The molecule has 148 valence electrons. The SMILES string of the molecule is C[C@@]1(N)[C@H](O)[C@@H](CO[PH](=O)Oc2ccccc2)O[C@H]1N1CCC(=O)NC1=O. The van der Waals surface area contributed by atoms with E-state index in [9.17, 15) is 19.3 Å². The van der Waals surface area contributed by atoms with Gasteiger partial charge < -0.3 is 20.1 Å². The summed E-state index contributed by atoms with van der Waals surface area (Å²) in [6, 6.07) is 7.88. The van der Waals surface area contributed by atoms with Gasteiger partial charge in [0, 0.05) is 13.0 Å². The number of para-hydroxylation sites is 1. The Bertz CT molecular complexity index is 730. The molecule has 1 unspecified atom stereocenters. The van der Waals surface area contributed by atoms with Gasteiger partial charge in [0.1, 0.15) is 18.0 Å². The zero-order valence-electron chi connectivity index (χ0n) is 14.7. The Morgan fingerprint density at radius 1 is 1.41 bits per heavy atom. The van der Waals surface area contributed by atoms with Crippen LogP contribution in [0.25, 0.3) is 0 Å². The van der Waals surface area contributed by atoms with Crippen molar-refractivity contribution in [2.24, 2.45) is 5.73 Å². The van der Waals surface area contributed by atoms with E-state index in [2.05, 4.69) is 5.32 Å². The molecule has 2 aliphatic rings. The Morgan fingerprint density at radius 3 is 2.78 bits per heavy atom. The van der Waals surface area contributed by atoms with Crippen LogP contribution in [0.2, 0.25) is 0 Å². The summed E-state index contributed by atoms with van der Waals surface area (Å²) < 4.78 is 28.0. The fourth-order valence-electron chi connectivity index (χ4n) is 3.04. The third kappa shape index (κ3) is 4.31. The maximum atomic E-state index is 12.0. The van der Waals surface area contributed by atoms with Crippen LogP contribution in [0.15, 0.2) is 30.3 Å². The minimum atomic E-state index is -2.87. The van der Waals surface area contributed by atoms with Crippen LogP contribution in [0.3, 0.4) is 0 Å². The predicted octanol–water partition coefficient (Wildman–Crippen LogP) is 0.217. The van der Waals surface area contributed by atoms with E-state index in [4.69, 9.17) is 19.5 Å². The second kappa shape index (κ2) is 7.95. The molecule has 5 atom stereocenters. The van der Waals surface area contributed by atoms with Gasteiger partial charge in [0.2, 0.25) is 5.91 Å². The number of carbonyl (C=O) groups is 2. The van der Waals surface area contributed by atoms with Gasteiger partial charge in [0.25, 0.3) is 0 Å². The van der Waals surface area contributed by atoms with Gasteiger partial charge in [-0.3, -0.25) is 19.5 Å². The number of nitrogens with one attached hydrogen (secondary N) is 1. The monoisotopic (exact) mass is 399 g/mol. The number of carbonyl (C=O) groups excluding carboxylic acids is 2. The smallest absolute Gasteiger partial charge is 0.367 e. The van der Waals surface area contributed by atoms with E-state index in [1.54, 1.807) is 30.3 Å². The number of nitrogens with two attached hydrogens (primary N) is 1. The highest BCUT2D eigenvalue weighted by molar-refractivity contribution is 7.33. The zero-order valence-corrected chi connectivity index (χ0v) is 15.7. The van der Waals surface area contributed by atoms with Crippen molar-refractivity contribution in [1.82, 2.24) is 10.2 Å². The summed E-state index contributed by atoms with van der Waals surface area (Å²) in [5.41, 5.74) is 4.87. The quantitative estimate of drug-likeness (QED) is 0.577. The molecule has 0 saturated carbocycles. The molecule has 0 radical (unpaired) electrons. The van der Waals surface area contributed by atoms with E-state index in [1.165, 1.54) is 11.8 Å². The van der Waals surface area contributed by atoms with E-state index < -0.39 is 38.3 Å². The van der Waals surface area contributed by atoms with Crippen LogP contribution < -0.4 is 15.6 Å². The predicted molar refractivity (Wildman–Crippen MR) is 94.1 cm³/mol. The highest BCUT2D eigenvalue weighted by atomic mass is 31.1. The number of hydrogen-bond acceptors (Lipinski definition) is 8. The van der Waals surface area contributed by atoms with Crippen molar-refractivity contribution >= 4 is 20.2 Å². The van der Waals surface area contributed by atoms with Gasteiger partial charge in [-0.25, -0.2) is 9.36 Å². The van der Waals surface area contributed by atoms with Gasteiger partial charge >= 0.3 is 14.3 Å². The second-order valence-corrected chi connectivity index (χ2v) is 7.60. The first kappa shape index (κ1) is 19.8. The summed E-state index contributed by atoms with van der Waals surface area (Å²) in [4.78, 5) is 24.6. The molecule has 3 amide bonds. The first-order chi connectivity index (χ1) is 12.8. The number of urea groups is 1. The van der Waals surface area contributed by atoms with Gasteiger partial charge in [-0.1, -0.05) is 18.2 Å². The van der Waals surface area contributed by atoms with E-state index >= 15 is 0 Å². The molecular weight excluding hydrogens is 377 g/mol. The minimum Gasteiger partial charge on any atom is -0.426 e. The van der Waals surface area contributed by atoms with Gasteiger partial charge in [0.05, 0.1) is 12.1 Å². The van der Waals surface area contributed by atoms with E-state index in [-0.39, 0.29) is 25.5 Å². The van der Waals surface area contributed by atoms with Crippen LogP contribution in [0, 0.1) is 0 Å². The maximum Gasteiger partial charge on any atom is 0.367 e. The molecule has 0 aliphatic carbocycles. The topological polar surface area (TPSA) is 140 Å². The average molecular weight is 399 g/mol. The summed E-state index contributed by atoms with van der Waals surface area (Å²) in [6.45, 7) is 1.43. The highest BCUT2D eigenvalue weighted by Gasteiger charge is 2.54. The molecule has 1 aromatic carbocycles. The molecule has 0 bridgehead atoms. The highest BCUT2D eigenvalue weighted by Crippen LogP contribution is 2.35. The van der Waals surface area contributed by atoms with Crippen LogP contribution in [-0.2, 0) is 18.6 Å². The maximum absolute atomic E-state index is 12.0. The van der Waals surface area contributed by atoms with Crippen LogP contribution in [0.1, 0.15) is 13.3 Å². The number of amides is 3. The molecule has 2 saturated heterocycles. The lowest BCUT2D eigenvalue weighted by molar-refractivity contribution is -0.124. The molecular formula is C16H22N3O7P. The van der Waals surface area contributed by atoms with Crippen molar-refractivity contribution in [2.45, 2.75) is 37.3 Å². The summed E-state index contributed by atoms with van der Waals surface area (Å²) in [5.74, 6) is 0.00975. The molecule has 0 aromatic heterocycles. The molecule has 2 fully saturated rings. The lowest BCUT2D eigenvalue weighted by Gasteiger charge is -2.38. The molecule has 3 rings (SSSR count). The van der Waals surface area contributed by atoms with Crippen LogP contribution >= 0.6 is 8.25 Å². The first-order valence-corrected chi connectivity index (χ1v) is 9.64. The molecule has 0 spiro atoms. The number of imide groups is 1. The minimum absolute atomic E-state index is 0.109. The third-order valence-electron chi connectivity index (χ3n) is 4.51. The molecule has 2 aliphatic heterocycles. The largest absolute Gasteiger partial charge is 0.426 e. The van der Waals surface area contributed by atoms with Crippen molar-refractivity contribution < 1.29 is 33.0 Å². The molecule has 2 heterocycles. The summed E-state index contributed by atoms with van der Waals surface area (Å²) in [5, 5.41) is 12.7. The van der Waals surface area contributed by atoms with Gasteiger partial charge in [-0.2, -0.15) is 0 Å². The normalized spacial score (nSPS) is 32.3. The van der Waals surface area contributed by atoms with Crippen molar-refractivity contribution in [2.75, 3.05) is 13.2 Å². The number of aliphatic hydroxyl groups is 1. The lowest BCUT2D eigenvalue weighted by atomic mass is 9.93. The van der Waals surface area contributed by atoms with Crippen LogP contribution in [0.5, 0.6) is 5.75 Å². The van der Waals surface area contributed by atoms with Gasteiger partial charge in [-0.15, -0.1) is 0 Å². The Labute approximate surface area is 156 Å². The van der Waals surface area contributed by atoms with Crippen molar-refractivity contribution in [3.63, 3.8) is 0 Å². The van der Waals surface area contributed by atoms with Crippen molar-refractivity contribution in [3.8, 4) is 5.75 Å². The van der Waals surface area contributed by atoms with E-state index in [0.29, 0.717) is 5.75 Å². The fraction of sp³-hybridized carbons (Fsp3) is 0.500. The second-order valence-electron chi connectivity index (χ2n) is 6.61. The summed E-state index contributed by atoms with van der Waals surface area (Å²) in [6.07, 6.45) is -2.95. The third-order valence-corrected chi connectivity index (χ3v) is 5.31. The summed E-state index contributed by atoms with van der Waals surface area (Å²) in [7, 11) is -2.87. The number of ether oxygens (including phenoxy) is 1. The Morgan fingerprint density at radius 2 is 2.11 bits per heavy atom. The number of rotatable bonds is 6. The molecule has 11 heteroatoms. The molecule has 1 aromatic rings. The number of aliphatic hydroxyl groups excluding tert-OH is 1. The zero-order chi connectivity index (χ0) is 19.6. The number of hydrogen-bond donors (Lipinski definition) is 3. The number of nitrogens with zero attached hydrogens (tertiary/aromatic N) is 1. The average Bonchev–Trinajstić information content (AvgIpc) is 2.84. The summed E-state index contributed by atoms with van der Waals surface area (Å²) >= 11 is 0. The van der Waals surface area contributed by atoms with Crippen LogP contribution in [0.4, 0.5) is 4.79 Å². The molecule has 10 nitrogen and oxygen atoms in total. The first-order valence-electron chi connectivity index (χ1n) is 8.41. The van der Waals surface area contributed by atoms with Crippen LogP contribution in [-0.4, -0.2) is 59.1 Å². The van der Waals surface area contributed by atoms with Crippen molar-refractivity contribution in [1.29, 1.82) is 0 Å². The van der Waals surface area contributed by atoms with E-state index in [1.807, 2.05) is 0 Å². The van der Waals surface area contributed by atoms with Gasteiger partial charge in [0.15, 0.2) is 6.23 Å².